The monoisotopic (exact) mass is 398 g/mol. The molecule has 1 fully saturated rings. The highest BCUT2D eigenvalue weighted by molar-refractivity contribution is 6.33. The molecule has 1 atom stereocenters. The predicted molar refractivity (Wildman–Crippen MR) is 108 cm³/mol. The maximum Gasteiger partial charge on any atom is 0.329 e. The smallest absolute Gasteiger partial charge is 0.329 e. The third kappa shape index (κ3) is 3.58. The van der Waals surface area contributed by atoms with E-state index in [9.17, 15) is 14.4 Å². The number of fused-ring (bicyclic) bond motifs is 1. The topological polar surface area (TPSA) is 96.0 Å². The van der Waals surface area contributed by atoms with Crippen LogP contribution >= 0.6 is 11.6 Å². The van der Waals surface area contributed by atoms with E-state index in [-0.39, 0.29) is 18.5 Å². The van der Waals surface area contributed by atoms with Crippen molar-refractivity contribution in [2.45, 2.75) is 19.0 Å². The molecule has 0 spiro atoms. The van der Waals surface area contributed by atoms with E-state index in [4.69, 9.17) is 11.6 Å². The molecule has 1 unspecified atom stereocenters. The van der Waals surface area contributed by atoms with Gasteiger partial charge in [0.2, 0.25) is 0 Å². The lowest BCUT2D eigenvalue weighted by molar-refractivity contribution is 0.0940. The van der Waals surface area contributed by atoms with Gasteiger partial charge in [0.25, 0.3) is 11.5 Å². The minimum absolute atomic E-state index is 0.0815. The lowest BCUT2D eigenvalue weighted by atomic mass is 10.1. The van der Waals surface area contributed by atoms with Gasteiger partial charge in [0.05, 0.1) is 28.0 Å². The van der Waals surface area contributed by atoms with Crippen LogP contribution in [0.25, 0.3) is 10.9 Å². The summed E-state index contributed by atoms with van der Waals surface area (Å²) in [5.41, 5.74) is 0.723. The van der Waals surface area contributed by atoms with Crippen LogP contribution in [0.3, 0.4) is 0 Å². The molecule has 0 saturated carbocycles. The Kier molecular flexibility index (Phi) is 5.02. The average molecular weight is 399 g/mol. The van der Waals surface area contributed by atoms with Gasteiger partial charge in [-0.2, -0.15) is 0 Å². The fraction of sp³-hybridized carbons (Fsp3) is 0.250. The second-order valence-corrected chi connectivity index (χ2v) is 7.25. The zero-order valence-corrected chi connectivity index (χ0v) is 15.8. The Balaban J connectivity index is 1.68. The van der Waals surface area contributed by atoms with Gasteiger partial charge in [-0.25, -0.2) is 4.79 Å². The Morgan fingerprint density at radius 3 is 2.82 bits per heavy atom. The highest BCUT2D eigenvalue weighted by Gasteiger charge is 2.19. The van der Waals surface area contributed by atoms with Gasteiger partial charge >= 0.3 is 5.69 Å². The van der Waals surface area contributed by atoms with Crippen LogP contribution in [0.2, 0.25) is 5.02 Å². The van der Waals surface area contributed by atoms with E-state index < -0.39 is 11.2 Å². The molecule has 1 aliphatic rings. The first-order chi connectivity index (χ1) is 13.5. The van der Waals surface area contributed by atoms with Gasteiger partial charge in [-0.1, -0.05) is 29.8 Å². The lowest BCUT2D eigenvalue weighted by Gasteiger charge is -2.14. The number of benzene rings is 2. The molecule has 28 heavy (non-hydrogen) atoms. The van der Waals surface area contributed by atoms with Crippen LogP contribution in [0, 0.1) is 0 Å². The molecular weight excluding hydrogens is 380 g/mol. The van der Waals surface area contributed by atoms with Crippen LogP contribution in [0.15, 0.2) is 52.1 Å². The first-order valence-corrected chi connectivity index (χ1v) is 9.42. The van der Waals surface area contributed by atoms with E-state index in [1.54, 1.807) is 42.5 Å². The highest BCUT2D eigenvalue weighted by atomic mass is 35.5. The molecular formula is C20H19ClN4O3. The molecule has 8 heteroatoms. The molecule has 1 aliphatic heterocycles. The molecule has 144 valence electrons. The Morgan fingerprint density at radius 1 is 1.21 bits per heavy atom. The summed E-state index contributed by atoms with van der Waals surface area (Å²) in [6, 6.07) is 12.1. The van der Waals surface area contributed by atoms with Crippen molar-refractivity contribution in [3.63, 3.8) is 0 Å². The molecule has 3 N–H and O–H groups in total. The quantitative estimate of drug-likeness (QED) is 0.620. The molecule has 0 bridgehead atoms. The summed E-state index contributed by atoms with van der Waals surface area (Å²) in [7, 11) is 0. The number of nitrogens with one attached hydrogen (secondary N) is 3. The summed E-state index contributed by atoms with van der Waals surface area (Å²) in [5.74, 6) is -0.237. The van der Waals surface area contributed by atoms with Crippen LogP contribution in [0.1, 0.15) is 22.3 Å². The number of hydrogen-bond donors (Lipinski definition) is 3. The van der Waals surface area contributed by atoms with E-state index in [1.165, 1.54) is 4.57 Å². The number of rotatable bonds is 4. The summed E-state index contributed by atoms with van der Waals surface area (Å²) in [6.45, 7) is 1.82. The van der Waals surface area contributed by atoms with Crippen molar-refractivity contribution < 1.29 is 4.79 Å². The SMILES string of the molecule is O=C(NC1CCNC1)c1cc(Cn2c(=O)[nH]c(=O)c3ccccc32)ccc1Cl. The van der Waals surface area contributed by atoms with Crippen LogP contribution in [0.4, 0.5) is 0 Å². The van der Waals surface area contributed by atoms with Crippen molar-refractivity contribution in [1.29, 1.82) is 0 Å². The number of H-pyrrole nitrogens is 1. The van der Waals surface area contributed by atoms with Crippen molar-refractivity contribution in [3.05, 3.63) is 79.5 Å². The molecule has 2 heterocycles. The van der Waals surface area contributed by atoms with Gasteiger partial charge in [-0.15, -0.1) is 0 Å². The number of nitrogens with zero attached hydrogens (tertiary/aromatic N) is 1. The summed E-state index contributed by atoms with van der Waals surface area (Å²) in [6.07, 6.45) is 0.877. The minimum atomic E-state index is -0.498. The van der Waals surface area contributed by atoms with Crippen molar-refractivity contribution in [2.24, 2.45) is 0 Å². The number of carbonyl (C=O) groups is 1. The van der Waals surface area contributed by atoms with E-state index in [0.29, 0.717) is 21.5 Å². The standard InChI is InChI=1S/C20H19ClN4O3/c21-16-6-5-12(9-15(16)19(27)23-13-7-8-22-10-13)11-25-17-4-2-1-3-14(17)18(26)24-20(25)28/h1-6,9,13,22H,7-8,10-11H2,(H,23,27)(H,24,26,28). The zero-order valence-electron chi connectivity index (χ0n) is 15.0. The fourth-order valence-electron chi connectivity index (χ4n) is 3.47. The molecule has 0 aliphatic carbocycles. The van der Waals surface area contributed by atoms with Crippen LogP contribution in [-0.4, -0.2) is 34.6 Å². The zero-order chi connectivity index (χ0) is 19.7. The Labute approximate surface area is 165 Å². The Hall–Kier alpha value is -2.90. The summed E-state index contributed by atoms with van der Waals surface area (Å²) < 4.78 is 1.47. The van der Waals surface area contributed by atoms with E-state index in [2.05, 4.69) is 15.6 Å². The third-order valence-electron chi connectivity index (χ3n) is 4.92. The third-order valence-corrected chi connectivity index (χ3v) is 5.25. The van der Waals surface area contributed by atoms with Crippen molar-refractivity contribution >= 4 is 28.4 Å². The van der Waals surface area contributed by atoms with E-state index in [1.807, 2.05) is 0 Å². The summed E-state index contributed by atoms with van der Waals surface area (Å²) in [4.78, 5) is 39.3. The lowest BCUT2D eigenvalue weighted by Crippen LogP contribution is -2.36. The number of para-hydroxylation sites is 1. The van der Waals surface area contributed by atoms with Gasteiger partial charge in [0, 0.05) is 12.6 Å². The second kappa shape index (κ2) is 7.61. The molecule has 0 radical (unpaired) electrons. The number of aromatic nitrogens is 2. The molecule has 3 aromatic rings. The molecule has 2 aromatic carbocycles. The molecule has 1 amide bonds. The normalized spacial score (nSPS) is 16.4. The number of carbonyl (C=O) groups excluding carboxylic acids is 1. The minimum Gasteiger partial charge on any atom is -0.348 e. The molecule has 1 aromatic heterocycles. The first kappa shape index (κ1) is 18.5. The molecule has 4 rings (SSSR count). The highest BCUT2D eigenvalue weighted by Crippen LogP contribution is 2.19. The fourth-order valence-corrected chi connectivity index (χ4v) is 3.67. The van der Waals surface area contributed by atoms with Gasteiger partial charge in [-0.3, -0.25) is 19.1 Å². The van der Waals surface area contributed by atoms with Crippen LogP contribution < -0.4 is 21.9 Å². The van der Waals surface area contributed by atoms with Gasteiger partial charge < -0.3 is 10.6 Å². The largest absolute Gasteiger partial charge is 0.348 e. The first-order valence-electron chi connectivity index (χ1n) is 9.05. The van der Waals surface area contributed by atoms with Crippen molar-refractivity contribution in [2.75, 3.05) is 13.1 Å². The van der Waals surface area contributed by atoms with Crippen LogP contribution in [-0.2, 0) is 6.54 Å². The van der Waals surface area contributed by atoms with Gasteiger partial charge in [0.1, 0.15) is 0 Å². The predicted octanol–water partition coefficient (Wildman–Crippen LogP) is 1.48. The Morgan fingerprint density at radius 2 is 2.04 bits per heavy atom. The summed E-state index contributed by atoms with van der Waals surface area (Å²) >= 11 is 6.23. The van der Waals surface area contributed by atoms with Crippen LogP contribution in [0.5, 0.6) is 0 Å². The van der Waals surface area contributed by atoms with Crippen molar-refractivity contribution in [3.8, 4) is 0 Å². The maximum absolute atomic E-state index is 12.6. The van der Waals surface area contributed by atoms with E-state index in [0.717, 1.165) is 25.1 Å². The number of halogens is 1. The van der Waals surface area contributed by atoms with Crippen molar-refractivity contribution in [1.82, 2.24) is 20.2 Å². The number of aromatic amines is 1. The maximum atomic E-state index is 12.6. The number of amides is 1. The average Bonchev–Trinajstić information content (AvgIpc) is 3.19. The van der Waals surface area contributed by atoms with Gasteiger partial charge in [0.15, 0.2) is 0 Å². The molecule has 1 saturated heterocycles. The van der Waals surface area contributed by atoms with E-state index >= 15 is 0 Å². The summed E-state index contributed by atoms with van der Waals surface area (Å²) in [5, 5.41) is 6.96. The molecule has 7 nitrogen and oxygen atoms in total. The Bertz CT molecular complexity index is 1160. The number of hydrogen-bond acceptors (Lipinski definition) is 4. The second-order valence-electron chi connectivity index (χ2n) is 6.84. The van der Waals surface area contributed by atoms with Gasteiger partial charge in [-0.05, 0) is 42.8 Å².